The lowest BCUT2D eigenvalue weighted by Crippen LogP contribution is -2.39. The molecule has 0 saturated heterocycles. The Balaban J connectivity index is -0.000000245. The highest BCUT2D eigenvalue weighted by Gasteiger charge is 2.26. The van der Waals surface area contributed by atoms with Crippen LogP contribution in [0.3, 0.4) is 0 Å². The van der Waals surface area contributed by atoms with Crippen molar-refractivity contribution in [1.29, 1.82) is 0 Å². The number of aliphatic hydroxyl groups excluding tert-OH is 1. The molecule has 0 bridgehead atoms. The first kappa shape index (κ1) is 16.2. The van der Waals surface area contributed by atoms with Gasteiger partial charge in [-0.05, 0) is 6.08 Å². The Morgan fingerprint density at radius 1 is 1.20 bits per heavy atom. The van der Waals surface area contributed by atoms with E-state index in [2.05, 4.69) is 6.58 Å². The zero-order valence-corrected chi connectivity index (χ0v) is 5.56. The summed E-state index contributed by atoms with van der Waals surface area (Å²) in [4.78, 5) is 0. The fourth-order valence-electron chi connectivity index (χ4n) is 0.105. The Hall–Kier alpha value is -0.500. The third kappa shape index (κ3) is 4.39. The Labute approximate surface area is 58.6 Å². The first-order valence-corrected chi connectivity index (χ1v) is 1.95. The maximum Gasteiger partial charge on any atom is 0.235 e. The predicted octanol–water partition coefficient (Wildman–Crippen LogP) is -1.51. The van der Waals surface area contributed by atoms with Gasteiger partial charge in [0.2, 0.25) is 12.1 Å². The van der Waals surface area contributed by atoms with Gasteiger partial charge in [-0.15, -0.1) is 0 Å². The molecule has 0 aliphatic rings. The third-order valence-corrected chi connectivity index (χ3v) is 0.680. The van der Waals surface area contributed by atoms with Gasteiger partial charge in [-0.3, -0.25) is 0 Å². The molecule has 0 aliphatic heterocycles. The molecule has 6 nitrogen and oxygen atoms in total. The molecule has 0 aromatic rings. The minimum atomic E-state index is -2.58. The molecule has 0 saturated carbocycles. The van der Waals surface area contributed by atoms with E-state index < -0.39 is 12.1 Å². The lowest BCUT2D eigenvalue weighted by molar-refractivity contribution is -0.260. The highest BCUT2D eigenvalue weighted by Crippen LogP contribution is 2.02. The number of aliphatic hydroxyl groups is 4. The molecule has 0 spiro atoms. The van der Waals surface area contributed by atoms with Crippen molar-refractivity contribution in [2.75, 3.05) is 0 Å². The minimum absolute atomic E-state index is 0. The lowest BCUT2D eigenvalue weighted by Gasteiger charge is -2.17. The van der Waals surface area contributed by atoms with Gasteiger partial charge in [-0.25, -0.2) is 0 Å². The molecule has 0 heterocycles. The van der Waals surface area contributed by atoms with E-state index in [1.165, 1.54) is 0 Å². The van der Waals surface area contributed by atoms with E-state index in [4.69, 9.17) is 20.4 Å². The van der Waals surface area contributed by atoms with E-state index in [9.17, 15) is 0 Å². The summed E-state index contributed by atoms with van der Waals surface area (Å²) in [6.07, 6.45) is -1.57. The first-order chi connectivity index (χ1) is 3.50. The molecular formula is C4H14N2O4. The molecule has 10 heavy (non-hydrogen) atoms. The van der Waals surface area contributed by atoms with Crippen LogP contribution in [0, 0.1) is 0 Å². The summed E-state index contributed by atoms with van der Waals surface area (Å²) in [7, 11) is 0. The van der Waals surface area contributed by atoms with Crippen LogP contribution in [0.15, 0.2) is 12.7 Å². The van der Waals surface area contributed by atoms with Crippen LogP contribution in [0.25, 0.3) is 0 Å². The molecule has 0 aliphatic carbocycles. The average Bonchev–Trinajstić information content (AvgIpc) is 1.67. The summed E-state index contributed by atoms with van der Waals surface area (Å²) in [5, 5.41) is 32.8. The van der Waals surface area contributed by atoms with Crippen LogP contribution in [-0.4, -0.2) is 32.5 Å². The second-order valence-electron chi connectivity index (χ2n) is 1.36. The Morgan fingerprint density at radius 2 is 1.50 bits per heavy atom. The fraction of sp³-hybridized carbons (Fsp3) is 0.500. The maximum atomic E-state index is 8.34. The lowest BCUT2D eigenvalue weighted by atomic mass is 10.3. The van der Waals surface area contributed by atoms with Crippen molar-refractivity contribution in [3.63, 3.8) is 0 Å². The minimum Gasteiger partial charge on any atom is -0.364 e. The molecule has 64 valence electrons. The van der Waals surface area contributed by atoms with Gasteiger partial charge in [-0.2, -0.15) is 0 Å². The average molecular weight is 154 g/mol. The smallest absolute Gasteiger partial charge is 0.235 e. The molecule has 0 atom stereocenters. The van der Waals surface area contributed by atoms with Crippen LogP contribution < -0.4 is 12.3 Å². The van der Waals surface area contributed by atoms with Gasteiger partial charge in [0.05, 0.1) is 0 Å². The van der Waals surface area contributed by atoms with Gasteiger partial charge < -0.3 is 32.7 Å². The zero-order chi connectivity index (χ0) is 6.78. The Bertz CT molecular complexity index is 93.3. The second-order valence-corrected chi connectivity index (χ2v) is 1.36. The first-order valence-electron chi connectivity index (χ1n) is 1.95. The molecule has 0 unspecified atom stereocenters. The van der Waals surface area contributed by atoms with Crippen molar-refractivity contribution < 1.29 is 20.4 Å². The second kappa shape index (κ2) is 5.30. The quantitative estimate of drug-likeness (QED) is 0.210. The van der Waals surface area contributed by atoms with Crippen molar-refractivity contribution in [1.82, 2.24) is 12.3 Å². The topological polar surface area (TPSA) is 151 Å². The monoisotopic (exact) mass is 154 g/mol. The summed E-state index contributed by atoms with van der Waals surface area (Å²) >= 11 is 0. The summed E-state index contributed by atoms with van der Waals surface area (Å²) < 4.78 is 0. The van der Waals surface area contributed by atoms with Crippen LogP contribution in [0.4, 0.5) is 0 Å². The molecule has 0 fully saturated rings. The molecule has 6 heteroatoms. The Morgan fingerprint density at radius 3 is 1.50 bits per heavy atom. The fourth-order valence-corrected chi connectivity index (χ4v) is 0.105. The number of hydrogen-bond acceptors (Lipinski definition) is 6. The number of rotatable bonds is 2. The van der Waals surface area contributed by atoms with Crippen molar-refractivity contribution in [3.05, 3.63) is 12.7 Å². The zero-order valence-electron chi connectivity index (χ0n) is 5.56. The molecular weight excluding hydrogens is 140 g/mol. The van der Waals surface area contributed by atoms with Crippen LogP contribution >= 0.6 is 0 Å². The Kier molecular flexibility index (Phi) is 8.61. The van der Waals surface area contributed by atoms with Crippen LogP contribution in [0.1, 0.15) is 0 Å². The van der Waals surface area contributed by atoms with E-state index in [1.54, 1.807) is 0 Å². The van der Waals surface area contributed by atoms with Gasteiger partial charge in [0.15, 0.2) is 0 Å². The maximum absolute atomic E-state index is 8.34. The molecule has 0 aromatic carbocycles. The highest BCUT2D eigenvalue weighted by atomic mass is 16.6. The highest BCUT2D eigenvalue weighted by molar-refractivity contribution is 4.86. The van der Waals surface area contributed by atoms with Gasteiger partial charge in [0.1, 0.15) is 0 Å². The standard InChI is InChI=1S/C4H8O4.2H3N/c1-2-4(7,8)3(5)6;;/h2-3,5-8H,1H2;2*1H3. The third-order valence-electron chi connectivity index (χ3n) is 0.680. The molecule has 0 amide bonds. The molecule has 0 aromatic heterocycles. The van der Waals surface area contributed by atoms with Gasteiger partial charge in [0, 0.05) is 0 Å². The molecule has 10 N–H and O–H groups in total. The van der Waals surface area contributed by atoms with Crippen molar-refractivity contribution in [2.24, 2.45) is 0 Å². The summed E-state index contributed by atoms with van der Waals surface area (Å²) in [5.74, 6) is -2.58. The van der Waals surface area contributed by atoms with Crippen molar-refractivity contribution in [3.8, 4) is 0 Å². The van der Waals surface area contributed by atoms with Gasteiger partial charge in [0.25, 0.3) is 0 Å². The molecule has 0 rings (SSSR count). The van der Waals surface area contributed by atoms with E-state index in [-0.39, 0.29) is 12.3 Å². The van der Waals surface area contributed by atoms with Gasteiger partial charge >= 0.3 is 0 Å². The largest absolute Gasteiger partial charge is 0.364 e. The van der Waals surface area contributed by atoms with Crippen LogP contribution in [0.2, 0.25) is 0 Å². The van der Waals surface area contributed by atoms with Crippen molar-refractivity contribution in [2.45, 2.75) is 12.1 Å². The van der Waals surface area contributed by atoms with Crippen LogP contribution in [-0.2, 0) is 0 Å². The number of hydrogen-bond donors (Lipinski definition) is 6. The summed E-state index contributed by atoms with van der Waals surface area (Å²) in [5.41, 5.74) is 0. The van der Waals surface area contributed by atoms with E-state index in [1.807, 2.05) is 0 Å². The molecule has 0 radical (unpaired) electrons. The van der Waals surface area contributed by atoms with Gasteiger partial charge in [-0.1, -0.05) is 6.58 Å². The van der Waals surface area contributed by atoms with E-state index >= 15 is 0 Å². The van der Waals surface area contributed by atoms with E-state index in [0.717, 1.165) is 0 Å². The van der Waals surface area contributed by atoms with Crippen molar-refractivity contribution >= 4 is 0 Å². The summed E-state index contributed by atoms with van der Waals surface area (Å²) in [6, 6.07) is 0. The normalized spacial score (nSPS) is 9.70. The summed E-state index contributed by atoms with van der Waals surface area (Å²) in [6.45, 7) is 2.93. The van der Waals surface area contributed by atoms with E-state index in [0.29, 0.717) is 6.08 Å². The van der Waals surface area contributed by atoms with Crippen LogP contribution in [0.5, 0.6) is 0 Å². The SMILES string of the molecule is C=CC(O)(O)C(O)O.N.N. The predicted molar refractivity (Wildman–Crippen MR) is 35.6 cm³/mol.